The van der Waals surface area contributed by atoms with Gasteiger partial charge < -0.3 is 35.0 Å². The number of carbonyl (C=O) groups excluding carboxylic acids is 2. The van der Waals surface area contributed by atoms with Crippen LogP contribution in [0, 0.1) is 5.41 Å². The molecule has 9 heteroatoms. The molecule has 0 aromatic rings. The molecule has 0 aliphatic carbocycles. The van der Waals surface area contributed by atoms with E-state index in [1.807, 2.05) is 0 Å². The van der Waals surface area contributed by atoms with Crippen molar-refractivity contribution in [3.63, 3.8) is 0 Å². The minimum atomic E-state index is -1.18. The summed E-state index contributed by atoms with van der Waals surface area (Å²) in [6.07, 6.45) is -1.00. The maximum atomic E-state index is 11.0. The Morgan fingerprint density at radius 3 is 1.64 bits per heavy atom. The number of ether oxygens (including phenoxy) is 2. The van der Waals surface area contributed by atoms with Gasteiger partial charge in [-0.3, -0.25) is 0 Å². The molecule has 146 valence electrons. The lowest BCUT2D eigenvalue weighted by Gasteiger charge is -2.26. The summed E-state index contributed by atoms with van der Waals surface area (Å²) in [5.74, 6) is -1.16. The molecule has 0 aliphatic heterocycles. The number of hydrogen-bond acceptors (Lipinski definition) is 9. The molecule has 0 aliphatic rings. The summed E-state index contributed by atoms with van der Waals surface area (Å²) >= 11 is 0. The number of rotatable bonds is 10. The van der Waals surface area contributed by atoms with Crippen LogP contribution in [-0.4, -0.2) is 83.2 Å². The van der Waals surface area contributed by atoms with Gasteiger partial charge in [0.2, 0.25) is 0 Å². The minimum Gasteiger partial charge on any atom is -0.461 e. The zero-order chi connectivity index (χ0) is 20.0. The first kappa shape index (κ1) is 25.5. The normalized spacial score (nSPS) is 11.6. The van der Waals surface area contributed by atoms with Crippen molar-refractivity contribution < 1.29 is 44.6 Å². The molecule has 0 radical (unpaired) electrons. The minimum absolute atomic E-state index is 0.192. The molecule has 0 saturated carbocycles. The van der Waals surface area contributed by atoms with Gasteiger partial charge in [-0.25, -0.2) is 9.59 Å². The third kappa shape index (κ3) is 11.4. The second-order valence-electron chi connectivity index (χ2n) is 5.55. The fourth-order valence-corrected chi connectivity index (χ4v) is 0.977. The van der Waals surface area contributed by atoms with E-state index < -0.39 is 49.9 Å². The average molecular weight is 364 g/mol. The van der Waals surface area contributed by atoms with Crippen LogP contribution in [0.1, 0.15) is 13.8 Å². The van der Waals surface area contributed by atoms with Gasteiger partial charge in [0.1, 0.15) is 19.3 Å². The van der Waals surface area contributed by atoms with Crippen LogP contribution >= 0.6 is 0 Å². The van der Waals surface area contributed by atoms with Gasteiger partial charge >= 0.3 is 11.9 Å². The van der Waals surface area contributed by atoms with Gasteiger partial charge in [0.25, 0.3) is 0 Å². The van der Waals surface area contributed by atoms with Crippen LogP contribution in [0.25, 0.3) is 0 Å². The van der Waals surface area contributed by atoms with Gasteiger partial charge in [-0.15, -0.1) is 0 Å². The monoisotopic (exact) mass is 364 g/mol. The molecule has 1 atom stereocenters. The van der Waals surface area contributed by atoms with Crippen LogP contribution in [0.15, 0.2) is 24.3 Å². The van der Waals surface area contributed by atoms with Crippen LogP contribution in [0.2, 0.25) is 0 Å². The van der Waals surface area contributed by atoms with E-state index in [9.17, 15) is 9.59 Å². The van der Waals surface area contributed by atoms with E-state index in [-0.39, 0.29) is 24.4 Å². The van der Waals surface area contributed by atoms with E-state index in [0.29, 0.717) is 0 Å². The van der Waals surface area contributed by atoms with Gasteiger partial charge in [0.05, 0.1) is 31.8 Å². The first-order valence-electron chi connectivity index (χ1n) is 7.35. The molecule has 0 bridgehead atoms. The van der Waals surface area contributed by atoms with Gasteiger partial charge in [-0.05, 0) is 13.8 Å². The van der Waals surface area contributed by atoms with Crippen molar-refractivity contribution in [2.24, 2.45) is 5.41 Å². The lowest BCUT2D eigenvalue weighted by atomic mass is 9.93. The molecule has 0 amide bonds. The third-order valence-electron chi connectivity index (χ3n) is 2.83. The topological polar surface area (TPSA) is 154 Å². The Hall–Kier alpha value is -1.78. The summed E-state index contributed by atoms with van der Waals surface area (Å²) in [4.78, 5) is 21.6. The Morgan fingerprint density at radius 2 is 1.32 bits per heavy atom. The maximum absolute atomic E-state index is 11.0. The Morgan fingerprint density at radius 1 is 0.920 bits per heavy atom. The zero-order valence-electron chi connectivity index (χ0n) is 14.6. The lowest BCUT2D eigenvalue weighted by molar-refractivity contribution is -0.146. The largest absolute Gasteiger partial charge is 0.461 e. The van der Waals surface area contributed by atoms with Gasteiger partial charge in [-0.1, -0.05) is 13.2 Å². The highest BCUT2D eigenvalue weighted by molar-refractivity contribution is 5.87. The van der Waals surface area contributed by atoms with Crippen molar-refractivity contribution in [3.05, 3.63) is 24.3 Å². The average Bonchev–Trinajstić information content (AvgIpc) is 2.60. The molecule has 0 saturated heterocycles. The van der Waals surface area contributed by atoms with Gasteiger partial charge in [0, 0.05) is 11.1 Å². The maximum Gasteiger partial charge on any atom is 0.333 e. The summed E-state index contributed by atoms with van der Waals surface area (Å²) < 4.78 is 9.23. The fraction of sp³-hybridized carbons (Fsp3) is 0.625. The lowest BCUT2D eigenvalue weighted by Crippen LogP contribution is -2.39. The summed E-state index contributed by atoms with van der Waals surface area (Å²) in [5.41, 5.74) is -0.673. The van der Waals surface area contributed by atoms with Crippen molar-refractivity contribution in [1.29, 1.82) is 0 Å². The van der Waals surface area contributed by atoms with Gasteiger partial charge in [0.15, 0.2) is 0 Å². The van der Waals surface area contributed by atoms with Crippen LogP contribution in [0.5, 0.6) is 0 Å². The van der Waals surface area contributed by atoms with E-state index in [0.717, 1.165) is 0 Å². The number of aliphatic hydroxyl groups excluding tert-OH is 5. The van der Waals surface area contributed by atoms with E-state index in [1.54, 1.807) is 0 Å². The fourth-order valence-electron chi connectivity index (χ4n) is 0.977. The van der Waals surface area contributed by atoms with E-state index >= 15 is 0 Å². The van der Waals surface area contributed by atoms with Crippen LogP contribution in [-0.2, 0) is 19.1 Å². The van der Waals surface area contributed by atoms with Crippen molar-refractivity contribution in [2.75, 3.05) is 39.6 Å². The number of carbonyl (C=O) groups is 2. The molecule has 0 aromatic heterocycles. The molecule has 9 nitrogen and oxygen atoms in total. The smallest absolute Gasteiger partial charge is 0.333 e. The molecular weight excluding hydrogens is 336 g/mol. The van der Waals surface area contributed by atoms with E-state index in [1.165, 1.54) is 13.8 Å². The SMILES string of the molecule is C=C(C)C(=O)OCC(CO)(CO)CO.C=C(C)C(=O)OCC(O)CO. The predicted molar refractivity (Wildman–Crippen MR) is 88.3 cm³/mol. The number of hydrogen-bond donors (Lipinski definition) is 5. The van der Waals surface area contributed by atoms with Crippen molar-refractivity contribution in [3.8, 4) is 0 Å². The molecule has 0 aromatic carbocycles. The van der Waals surface area contributed by atoms with Crippen LogP contribution < -0.4 is 0 Å². The van der Waals surface area contributed by atoms with Crippen molar-refractivity contribution in [1.82, 2.24) is 0 Å². The molecule has 0 spiro atoms. The first-order chi connectivity index (χ1) is 11.6. The molecule has 0 fully saturated rings. The molecule has 25 heavy (non-hydrogen) atoms. The number of aliphatic hydroxyl groups is 5. The molecule has 0 heterocycles. The van der Waals surface area contributed by atoms with Crippen molar-refractivity contribution in [2.45, 2.75) is 20.0 Å². The molecular formula is C16H28O9. The highest BCUT2D eigenvalue weighted by atomic mass is 16.5. The Balaban J connectivity index is 0. The van der Waals surface area contributed by atoms with Crippen LogP contribution in [0.3, 0.4) is 0 Å². The first-order valence-corrected chi connectivity index (χ1v) is 7.35. The molecule has 5 N–H and O–H groups in total. The second-order valence-corrected chi connectivity index (χ2v) is 5.55. The quantitative estimate of drug-likeness (QED) is 0.231. The summed E-state index contributed by atoms with van der Waals surface area (Å²) in [7, 11) is 0. The third-order valence-corrected chi connectivity index (χ3v) is 2.83. The Bertz CT molecular complexity index is 433. The van der Waals surface area contributed by atoms with Gasteiger partial charge in [-0.2, -0.15) is 0 Å². The molecule has 1 unspecified atom stereocenters. The summed E-state index contributed by atoms with van der Waals surface area (Å²) in [6, 6.07) is 0. The second kappa shape index (κ2) is 13.5. The molecule has 0 rings (SSSR count). The highest BCUT2D eigenvalue weighted by Crippen LogP contribution is 2.15. The summed E-state index contributed by atoms with van der Waals surface area (Å²) in [6.45, 7) is 7.50. The summed E-state index contributed by atoms with van der Waals surface area (Å²) in [5, 5.41) is 43.7. The van der Waals surface area contributed by atoms with E-state index in [2.05, 4.69) is 17.9 Å². The zero-order valence-corrected chi connectivity index (χ0v) is 14.6. The van der Waals surface area contributed by atoms with Crippen LogP contribution in [0.4, 0.5) is 0 Å². The standard InChI is InChI=1S/C9H16O5.C7H12O4/c1-7(2)8(13)14-6-9(3-10,4-11)5-12;1-5(2)7(10)11-4-6(9)3-8/h10-12H,1,3-6H2,2H3;6,8-9H,1,3-4H2,2H3. The highest BCUT2D eigenvalue weighted by Gasteiger charge is 2.30. The Kier molecular flexibility index (Phi) is 13.8. The Labute approximate surface area is 146 Å². The van der Waals surface area contributed by atoms with E-state index in [4.69, 9.17) is 30.3 Å². The number of esters is 2. The predicted octanol–water partition coefficient (Wildman–Crippen LogP) is -1.47. The van der Waals surface area contributed by atoms with Crippen molar-refractivity contribution >= 4 is 11.9 Å².